The molecule has 1 aliphatic rings. The summed E-state index contributed by atoms with van der Waals surface area (Å²) in [5, 5.41) is 12.6. The minimum atomic E-state index is -2.69. The number of hydrogen-bond donors (Lipinski definition) is 2. The molecule has 1 aliphatic heterocycles. The van der Waals surface area contributed by atoms with Crippen molar-refractivity contribution in [2.45, 2.75) is 58.1 Å². The lowest BCUT2D eigenvalue weighted by molar-refractivity contribution is -0.331. The molecule has 1 heterocycles. The molecule has 0 radical (unpaired) electrons. The Bertz CT molecular complexity index is 554. The molecule has 25 heavy (non-hydrogen) atoms. The highest BCUT2D eigenvalue weighted by atomic mass is 19.1. The molecule has 0 aromatic heterocycles. The van der Waals surface area contributed by atoms with E-state index in [-0.39, 0.29) is 0 Å². The zero-order valence-corrected chi connectivity index (χ0v) is 14.1. The van der Waals surface area contributed by atoms with Gasteiger partial charge in [0.05, 0.1) is 0 Å². The highest BCUT2D eigenvalue weighted by Gasteiger charge is 2.61. The smallest absolute Gasteiger partial charge is 0.305 e. The lowest BCUT2D eigenvalue weighted by Crippen LogP contribution is -2.74. The van der Waals surface area contributed by atoms with Crippen LogP contribution in [0.25, 0.3) is 0 Å². The van der Waals surface area contributed by atoms with Crippen molar-refractivity contribution < 1.29 is 47.6 Å². The Morgan fingerprint density at radius 1 is 1.08 bits per heavy atom. The Morgan fingerprint density at radius 2 is 1.64 bits per heavy atom. The first kappa shape index (κ1) is 20.8. The maximum Gasteiger partial charge on any atom is 0.305 e. The molecule has 10 nitrogen and oxygen atoms in total. The molecule has 11 heteroatoms. The number of aliphatic hydroxyl groups is 1. The minimum absolute atomic E-state index is 0.595. The average molecular weight is 365 g/mol. The lowest BCUT2D eigenvalue weighted by Gasteiger charge is -2.47. The second kappa shape index (κ2) is 8.21. The van der Waals surface area contributed by atoms with Gasteiger partial charge in [-0.3, -0.25) is 19.2 Å². The molecule has 1 fully saturated rings. The monoisotopic (exact) mass is 365 g/mol. The van der Waals surface area contributed by atoms with Crippen molar-refractivity contribution in [3.63, 3.8) is 0 Å². The van der Waals surface area contributed by atoms with Crippen LogP contribution >= 0.6 is 0 Å². The number of ether oxygens (including phenoxy) is 4. The van der Waals surface area contributed by atoms with Gasteiger partial charge in [0.25, 0.3) is 6.29 Å². The van der Waals surface area contributed by atoms with Crippen molar-refractivity contribution in [2.75, 3.05) is 6.61 Å². The number of carbonyl (C=O) groups excluding carboxylic acids is 4. The van der Waals surface area contributed by atoms with Crippen molar-refractivity contribution in [3.05, 3.63) is 0 Å². The third-order valence-corrected chi connectivity index (χ3v) is 3.13. The summed E-state index contributed by atoms with van der Waals surface area (Å²) in [4.78, 5) is 44.8. The topological polar surface area (TPSA) is 137 Å². The quantitative estimate of drug-likeness (QED) is 0.354. The van der Waals surface area contributed by atoms with E-state index in [1.165, 1.54) is 0 Å². The molecule has 142 valence electrons. The number of esters is 3. The van der Waals surface area contributed by atoms with Gasteiger partial charge >= 0.3 is 17.9 Å². The van der Waals surface area contributed by atoms with Crippen molar-refractivity contribution in [1.82, 2.24) is 5.32 Å². The first-order valence-electron chi connectivity index (χ1n) is 7.25. The molecule has 0 aliphatic carbocycles. The van der Waals surface area contributed by atoms with E-state index >= 15 is 0 Å². The van der Waals surface area contributed by atoms with Gasteiger partial charge in [0.2, 0.25) is 11.6 Å². The fraction of sp³-hybridized carbons (Fsp3) is 0.714. The van der Waals surface area contributed by atoms with E-state index < -0.39 is 60.8 Å². The Kier molecular flexibility index (Phi) is 6.82. The van der Waals surface area contributed by atoms with E-state index in [1.807, 2.05) is 5.32 Å². The maximum atomic E-state index is 14.7. The predicted octanol–water partition coefficient (Wildman–Crippen LogP) is -1.07. The van der Waals surface area contributed by atoms with Crippen LogP contribution in [0.2, 0.25) is 0 Å². The fourth-order valence-electron chi connectivity index (χ4n) is 2.25. The third kappa shape index (κ3) is 5.36. The molecule has 0 spiro atoms. The van der Waals surface area contributed by atoms with E-state index in [1.54, 1.807) is 0 Å². The fourth-order valence-corrected chi connectivity index (χ4v) is 2.25. The van der Waals surface area contributed by atoms with Crippen LogP contribution in [0.15, 0.2) is 0 Å². The number of amides is 1. The highest BCUT2D eigenvalue weighted by Crippen LogP contribution is 2.33. The molecule has 0 bridgehead atoms. The maximum absolute atomic E-state index is 14.7. The SMILES string of the molecule is CC(=O)NC1(O)C(OC(C)=O)OC(COC(C)=O)C(F)C1OC(C)=O. The summed E-state index contributed by atoms with van der Waals surface area (Å²) in [7, 11) is 0. The molecule has 1 rings (SSSR count). The van der Waals surface area contributed by atoms with E-state index in [2.05, 4.69) is 4.74 Å². The molecule has 1 amide bonds. The van der Waals surface area contributed by atoms with Gasteiger partial charge in [-0.1, -0.05) is 0 Å². The van der Waals surface area contributed by atoms with Crippen LogP contribution in [-0.2, 0) is 38.1 Å². The van der Waals surface area contributed by atoms with Crippen LogP contribution in [0.4, 0.5) is 4.39 Å². The number of halogens is 1. The van der Waals surface area contributed by atoms with Gasteiger partial charge in [-0.25, -0.2) is 4.39 Å². The molecule has 1 saturated heterocycles. The van der Waals surface area contributed by atoms with Crippen LogP contribution in [-0.4, -0.2) is 65.9 Å². The van der Waals surface area contributed by atoms with Crippen LogP contribution in [0.5, 0.6) is 0 Å². The molecule has 0 aromatic carbocycles. The summed E-state index contributed by atoms with van der Waals surface area (Å²) in [6, 6.07) is 0. The number of alkyl halides is 1. The molecule has 5 unspecified atom stereocenters. The van der Waals surface area contributed by atoms with E-state index in [9.17, 15) is 28.7 Å². The van der Waals surface area contributed by atoms with Gasteiger partial charge in [-0.2, -0.15) is 0 Å². The van der Waals surface area contributed by atoms with Crippen molar-refractivity contribution >= 4 is 23.8 Å². The second-order valence-electron chi connectivity index (χ2n) is 5.40. The molecular weight excluding hydrogens is 345 g/mol. The molecule has 2 N–H and O–H groups in total. The van der Waals surface area contributed by atoms with Gasteiger partial charge in [0.15, 0.2) is 12.3 Å². The number of rotatable bonds is 5. The van der Waals surface area contributed by atoms with Gasteiger partial charge < -0.3 is 29.4 Å². The minimum Gasteiger partial charge on any atom is -0.463 e. The first-order chi connectivity index (χ1) is 11.5. The summed E-state index contributed by atoms with van der Waals surface area (Å²) in [5.41, 5.74) is -2.69. The van der Waals surface area contributed by atoms with Crippen LogP contribution in [0, 0.1) is 0 Å². The van der Waals surface area contributed by atoms with Gasteiger partial charge in [-0.15, -0.1) is 0 Å². The number of nitrogens with one attached hydrogen (secondary N) is 1. The third-order valence-electron chi connectivity index (χ3n) is 3.13. The molecule has 0 aromatic rings. The van der Waals surface area contributed by atoms with Crippen LogP contribution in [0.3, 0.4) is 0 Å². The zero-order valence-electron chi connectivity index (χ0n) is 14.1. The van der Waals surface area contributed by atoms with Crippen LogP contribution < -0.4 is 5.32 Å². The predicted molar refractivity (Wildman–Crippen MR) is 76.3 cm³/mol. The zero-order chi connectivity index (χ0) is 19.4. The Balaban J connectivity index is 3.23. The first-order valence-corrected chi connectivity index (χ1v) is 7.25. The summed E-state index contributed by atoms with van der Waals surface area (Å²) in [5.74, 6) is -3.44. The molecular formula is C14H20FNO9. The Hall–Kier alpha value is -2.27. The van der Waals surface area contributed by atoms with Gasteiger partial charge in [0, 0.05) is 27.7 Å². The van der Waals surface area contributed by atoms with Crippen molar-refractivity contribution in [2.24, 2.45) is 0 Å². The Morgan fingerprint density at radius 3 is 2.08 bits per heavy atom. The summed E-state index contributed by atoms with van der Waals surface area (Å²) in [6.07, 6.45) is -7.61. The number of hydrogen-bond acceptors (Lipinski definition) is 9. The second-order valence-corrected chi connectivity index (χ2v) is 5.40. The van der Waals surface area contributed by atoms with Gasteiger partial charge in [-0.05, 0) is 0 Å². The summed E-state index contributed by atoms with van der Waals surface area (Å²) >= 11 is 0. The normalized spacial score (nSPS) is 31.6. The van der Waals surface area contributed by atoms with Crippen molar-refractivity contribution in [3.8, 4) is 0 Å². The number of carbonyl (C=O) groups is 4. The Labute approximate surface area is 142 Å². The van der Waals surface area contributed by atoms with E-state index in [0.717, 1.165) is 27.7 Å². The van der Waals surface area contributed by atoms with Crippen LogP contribution in [0.1, 0.15) is 27.7 Å². The van der Waals surface area contributed by atoms with E-state index in [4.69, 9.17) is 14.2 Å². The molecule has 5 atom stereocenters. The lowest BCUT2D eigenvalue weighted by atomic mass is 9.93. The largest absolute Gasteiger partial charge is 0.463 e. The van der Waals surface area contributed by atoms with E-state index in [0.29, 0.717) is 0 Å². The average Bonchev–Trinajstić information content (AvgIpc) is 2.44. The standard InChI is InChI=1S/C14H20FNO9/c1-6(17)16-14(21)12(23-8(3)19)11(15)10(5-22-7(2)18)25-13(14)24-9(4)20/h10-13,21H,5H2,1-4H3,(H,16,17). The highest BCUT2D eigenvalue weighted by molar-refractivity contribution is 5.74. The van der Waals surface area contributed by atoms with Crippen molar-refractivity contribution in [1.29, 1.82) is 0 Å². The van der Waals surface area contributed by atoms with Gasteiger partial charge in [0.1, 0.15) is 12.7 Å². The summed E-state index contributed by atoms with van der Waals surface area (Å²) < 4.78 is 34.1. The molecule has 0 saturated carbocycles. The summed E-state index contributed by atoms with van der Waals surface area (Å²) in [6.45, 7) is 3.43.